The zero-order valence-corrected chi connectivity index (χ0v) is 18.4. The van der Waals surface area contributed by atoms with E-state index in [1.165, 1.54) is 36.5 Å². The number of nitrogens with zero attached hydrogens (tertiary/aromatic N) is 4. The van der Waals surface area contributed by atoms with E-state index in [9.17, 15) is 4.79 Å². The smallest absolute Gasteiger partial charge is 0.244 e. The first-order chi connectivity index (χ1) is 14.5. The zero-order valence-electron chi connectivity index (χ0n) is 17.6. The van der Waals surface area contributed by atoms with Gasteiger partial charge in [0.25, 0.3) is 0 Å². The fourth-order valence-electron chi connectivity index (χ4n) is 3.58. The first-order valence-electron chi connectivity index (χ1n) is 9.83. The second-order valence-corrected chi connectivity index (χ2v) is 8.47. The summed E-state index contributed by atoms with van der Waals surface area (Å²) in [5, 5.41) is 7.89. The summed E-state index contributed by atoms with van der Waals surface area (Å²) in [7, 11) is 1.61. The predicted molar refractivity (Wildman–Crippen MR) is 122 cm³/mol. The minimum absolute atomic E-state index is 0.246. The zero-order chi connectivity index (χ0) is 21.3. The van der Waals surface area contributed by atoms with Gasteiger partial charge in [-0.25, -0.2) is 4.79 Å². The lowest BCUT2D eigenvalue weighted by molar-refractivity contribution is 0.692. The molecular weight excluding hydrogens is 392 g/mol. The summed E-state index contributed by atoms with van der Waals surface area (Å²) in [4.78, 5) is 13.6. The van der Waals surface area contributed by atoms with Gasteiger partial charge in [-0.2, -0.15) is 9.36 Å². The van der Waals surface area contributed by atoms with E-state index < -0.39 is 0 Å². The molecule has 0 aliphatic rings. The van der Waals surface area contributed by atoms with Crippen molar-refractivity contribution in [1.29, 1.82) is 0 Å². The van der Waals surface area contributed by atoms with E-state index in [1.807, 2.05) is 12.1 Å². The number of tetrazole rings is 1. The second kappa shape index (κ2) is 8.32. The Labute approximate surface area is 180 Å². The maximum Gasteiger partial charge on any atom is 0.368 e. The van der Waals surface area contributed by atoms with Gasteiger partial charge in [0.1, 0.15) is 0 Å². The van der Waals surface area contributed by atoms with Crippen molar-refractivity contribution in [3.63, 3.8) is 0 Å². The Balaban J connectivity index is 1.68. The molecule has 0 atom stereocenters. The lowest BCUT2D eigenvalue weighted by atomic mass is 9.99. The number of aromatic nitrogens is 4. The number of hydrogen-bond donors (Lipinski definition) is 0. The van der Waals surface area contributed by atoms with Gasteiger partial charge in [-0.05, 0) is 71.1 Å². The van der Waals surface area contributed by atoms with Crippen LogP contribution in [0, 0.1) is 20.8 Å². The Bertz CT molecular complexity index is 1270. The third-order valence-corrected chi connectivity index (χ3v) is 6.51. The highest BCUT2D eigenvalue weighted by molar-refractivity contribution is 7.98. The molecule has 152 valence electrons. The van der Waals surface area contributed by atoms with E-state index in [2.05, 4.69) is 79.7 Å². The molecule has 3 aromatic carbocycles. The first kappa shape index (κ1) is 20.2. The Morgan fingerprint density at radius 1 is 0.933 bits per heavy atom. The van der Waals surface area contributed by atoms with Crippen LogP contribution in [0.2, 0.25) is 0 Å². The molecule has 0 aliphatic carbocycles. The topological polar surface area (TPSA) is 52.7 Å². The maximum absolute atomic E-state index is 12.4. The SMILES string of the molecule is Cc1cccc(-c2cccc(SCc3c(C)cccc3-n3nnn(C)c3=O)c2C)c1. The maximum atomic E-state index is 12.4. The van der Waals surface area contributed by atoms with Crippen molar-refractivity contribution in [2.75, 3.05) is 0 Å². The molecular formula is C24H24N4OS. The molecule has 0 spiro atoms. The highest BCUT2D eigenvalue weighted by Crippen LogP contribution is 2.34. The van der Waals surface area contributed by atoms with Crippen LogP contribution in [0.3, 0.4) is 0 Å². The molecule has 0 N–H and O–H groups in total. The Kier molecular flexibility index (Phi) is 5.59. The van der Waals surface area contributed by atoms with Gasteiger partial charge in [0.15, 0.2) is 0 Å². The van der Waals surface area contributed by atoms with Crippen molar-refractivity contribution in [3.8, 4) is 16.8 Å². The molecule has 0 amide bonds. The first-order valence-corrected chi connectivity index (χ1v) is 10.8. The standard InChI is InChI=1S/C24H24N4OS/c1-16-8-5-10-19(14-16)20-11-7-13-23(18(20)3)30-15-21-17(2)9-6-12-22(21)28-24(29)27(4)25-26-28/h5-14H,15H2,1-4H3. The van der Waals surface area contributed by atoms with Gasteiger partial charge in [0, 0.05) is 17.7 Å². The van der Waals surface area contributed by atoms with Crippen LogP contribution in [0.1, 0.15) is 22.3 Å². The molecule has 0 fully saturated rings. The summed E-state index contributed by atoms with van der Waals surface area (Å²) < 4.78 is 2.62. The van der Waals surface area contributed by atoms with Crippen LogP contribution in [-0.2, 0) is 12.8 Å². The number of rotatable bonds is 5. The van der Waals surface area contributed by atoms with Crippen LogP contribution in [0.4, 0.5) is 0 Å². The summed E-state index contributed by atoms with van der Waals surface area (Å²) >= 11 is 1.78. The molecule has 0 unspecified atom stereocenters. The van der Waals surface area contributed by atoms with Crippen LogP contribution in [0.25, 0.3) is 16.8 Å². The van der Waals surface area contributed by atoms with Crippen LogP contribution in [-0.4, -0.2) is 19.8 Å². The molecule has 5 nitrogen and oxygen atoms in total. The van der Waals surface area contributed by atoms with E-state index in [-0.39, 0.29) is 5.69 Å². The summed E-state index contributed by atoms with van der Waals surface area (Å²) in [6.45, 7) is 6.36. The van der Waals surface area contributed by atoms with Gasteiger partial charge in [0.2, 0.25) is 0 Å². The van der Waals surface area contributed by atoms with Crippen LogP contribution >= 0.6 is 11.8 Å². The van der Waals surface area contributed by atoms with Crippen molar-refractivity contribution >= 4 is 11.8 Å². The van der Waals surface area contributed by atoms with E-state index in [1.54, 1.807) is 18.8 Å². The number of aryl methyl sites for hydroxylation is 3. The minimum Gasteiger partial charge on any atom is -0.244 e. The molecule has 0 bridgehead atoms. The number of thioether (sulfide) groups is 1. The van der Waals surface area contributed by atoms with Crippen molar-refractivity contribution in [3.05, 3.63) is 93.4 Å². The second-order valence-electron chi connectivity index (χ2n) is 7.46. The van der Waals surface area contributed by atoms with E-state index >= 15 is 0 Å². The normalized spacial score (nSPS) is 11.1. The lowest BCUT2D eigenvalue weighted by Gasteiger charge is -2.14. The molecule has 0 aliphatic heterocycles. The molecule has 0 saturated heterocycles. The van der Waals surface area contributed by atoms with E-state index in [0.29, 0.717) is 0 Å². The molecule has 0 radical (unpaired) electrons. The molecule has 1 aromatic heterocycles. The fourth-order valence-corrected chi connectivity index (χ4v) is 4.76. The summed E-state index contributed by atoms with van der Waals surface area (Å²) in [6.07, 6.45) is 0. The number of hydrogen-bond acceptors (Lipinski definition) is 4. The van der Waals surface area contributed by atoms with Gasteiger partial charge in [-0.3, -0.25) is 0 Å². The van der Waals surface area contributed by atoms with Gasteiger partial charge in [-0.1, -0.05) is 54.1 Å². The van der Waals surface area contributed by atoms with E-state index in [0.717, 1.165) is 22.6 Å². The van der Waals surface area contributed by atoms with Gasteiger partial charge < -0.3 is 0 Å². The summed E-state index contributed by atoms with van der Waals surface area (Å²) in [5.41, 5.74) is 7.76. The molecule has 4 rings (SSSR count). The third-order valence-electron chi connectivity index (χ3n) is 5.32. The number of benzene rings is 3. The van der Waals surface area contributed by atoms with Crippen LogP contribution in [0.5, 0.6) is 0 Å². The van der Waals surface area contributed by atoms with Crippen LogP contribution < -0.4 is 5.69 Å². The van der Waals surface area contributed by atoms with Crippen molar-refractivity contribution in [1.82, 2.24) is 19.8 Å². The van der Waals surface area contributed by atoms with Crippen molar-refractivity contribution < 1.29 is 0 Å². The lowest BCUT2D eigenvalue weighted by Crippen LogP contribution is -2.23. The molecule has 6 heteroatoms. The van der Waals surface area contributed by atoms with Crippen molar-refractivity contribution in [2.24, 2.45) is 7.05 Å². The Morgan fingerprint density at radius 3 is 2.43 bits per heavy atom. The molecule has 30 heavy (non-hydrogen) atoms. The monoisotopic (exact) mass is 416 g/mol. The summed E-state index contributed by atoms with van der Waals surface area (Å²) in [6, 6.07) is 21.0. The highest BCUT2D eigenvalue weighted by Gasteiger charge is 2.14. The quantitative estimate of drug-likeness (QED) is 0.437. The third kappa shape index (κ3) is 3.83. The van der Waals surface area contributed by atoms with Crippen LogP contribution in [0.15, 0.2) is 70.4 Å². The van der Waals surface area contributed by atoms with Gasteiger partial charge in [-0.15, -0.1) is 11.8 Å². The largest absolute Gasteiger partial charge is 0.368 e. The molecule has 0 saturated carbocycles. The average Bonchev–Trinajstić information content (AvgIpc) is 3.06. The highest BCUT2D eigenvalue weighted by atomic mass is 32.2. The minimum atomic E-state index is -0.246. The molecule has 4 aromatic rings. The van der Waals surface area contributed by atoms with E-state index in [4.69, 9.17) is 0 Å². The predicted octanol–water partition coefficient (Wildman–Crippen LogP) is 4.85. The van der Waals surface area contributed by atoms with Gasteiger partial charge >= 0.3 is 5.69 Å². The Morgan fingerprint density at radius 2 is 1.70 bits per heavy atom. The average molecular weight is 417 g/mol. The molecule has 1 heterocycles. The van der Waals surface area contributed by atoms with Crippen molar-refractivity contribution in [2.45, 2.75) is 31.4 Å². The fraction of sp³-hybridized carbons (Fsp3) is 0.208. The van der Waals surface area contributed by atoms with Gasteiger partial charge in [0.05, 0.1) is 5.69 Å². The Hall–Kier alpha value is -3.12. The summed E-state index contributed by atoms with van der Waals surface area (Å²) in [5.74, 6) is 0.739.